The molecule has 0 atom stereocenters. The number of rotatable bonds is 4. The van der Waals surface area contributed by atoms with Crippen LogP contribution in [0.3, 0.4) is 0 Å². The number of carbonyl (C=O) groups is 1. The van der Waals surface area contributed by atoms with Crippen LogP contribution in [0.4, 0.5) is 0 Å². The maximum absolute atomic E-state index is 10.5. The van der Waals surface area contributed by atoms with E-state index in [0.717, 1.165) is 0 Å². The lowest BCUT2D eigenvalue weighted by Crippen LogP contribution is -2.46. The van der Waals surface area contributed by atoms with Gasteiger partial charge in [0.1, 0.15) is 6.42 Å². The van der Waals surface area contributed by atoms with Crippen molar-refractivity contribution in [3.63, 3.8) is 0 Å². The van der Waals surface area contributed by atoms with Crippen molar-refractivity contribution in [1.82, 2.24) is 0 Å². The standard InChI is InChI=1S/C9H11NO3/c1-2-13-10-6-4-3-5-8(10)7-9(11)12/h3-6H,2,7H2,1H3/p+1. The lowest BCUT2D eigenvalue weighted by atomic mass is 10.3. The van der Waals surface area contributed by atoms with Crippen LogP contribution in [0.15, 0.2) is 24.4 Å². The van der Waals surface area contributed by atoms with E-state index in [9.17, 15) is 4.79 Å². The topological polar surface area (TPSA) is 50.4 Å². The molecular weight excluding hydrogens is 170 g/mol. The van der Waals surface area contributed by atoms with Gasteiger partial charge >= 0.3 is 5.97 Å². The van der Waals surface area contributed by atoms with Crippen molar-refractivity contribution in [2.75, 3.05) is 6.61 Å². The van der Waals surface area contributed by atoms with Gasteiger partial charge in [0.05, 0.1) is 0 Å². The van der Waals surface area contributed by atoms with Crippen molar-refractivity contribution in [1.29, 1.82) is 0 Å². The van der Waals surface area contributed by atoms with Crippen molar-refractivity contribution < 1.29 is 19.5 Å². The van der Waals surface area contributed by atoms with E-state index in [4.69, 9.17) is 9.94 Å². The van der Waals surface area contributed by atoms with E-state index in [1.807, 2.05) is 6.92 Å². The van der Waals surface area contributed by atoms with Crippen LogP contribution >= 0.6 is 0 Å². The molecule has 0 aromatic carbocycles. The molecule has 0 spiro atoms. The molecule has 0 amide bonds. The Morgan fingerprint density at radius 2 is 2.38 bits per heavy atom. The maximum Gasteiger partial charge on any atom is 0.314 e. The Morgan fingerprint density at radius 1 is 1.62 bits per heavy atom. The predicted molar refractivity (Wildman–Crippen MR) is 45.1 cm³/mol. The van der Waals surface area contributed by atoms with Gasteiger partial charge in [-0.1, -0.05) is 0 Å². The Hall–Kier alpha value is -1.58. The summed E-state index contributed by atoms with van der Waals surface area (Å²) in [5.74, 6) is -0.861. The molecule has 70 valence electrons. The van der Waals surface area contributed by atoms with Gasteiger partial charge in [-0.15, -0.1) is 0 Å². The highest BCUT2D eigenvalue weighted by molar-refractivity contribution is 5.69. The van der Waals surface area contributed by atoms with Gasteiger partial charge in [0.25, 0.3) is 0 Å². The fourth-order valence-electron chi connectivity index (χ4n) is 1.02. The quantitative estimate of drug-likeness (QED) is 0.669. The van der Waals surface area contributed by atoms with Crippen molar-refractivity contribution in [2.45, 2.75) is 13.3 Å². The largest absolute Gasteiger partial charge is 0.481 e. The molecule has 0 aliphatic rings. The lowest BCUT2D eigenvalue weighted by molar-refractivity contribution is -0.895. The molecule has 0 radical (unpaired) electrons. The van der Waals surface area contributed by atoms with Crippen LogP contribution in [0, 0.1) is 0 Å². The molecule has 0 saturated heterocycles. The van der Waals surface area contributed by atoms with Crippen molar-refractivity contribution in [3.8, 4) is 0 Å². The average Bonchev–Trinajstić information content (AvgIpc) is 2.08. The first kappa shape index (κ1) is 9.51. The first-order valence-electron chi connectivity index (χ1n) is 4.08. The van der Waals surface area contributed by atoms with Crippen molar-refractivity contribution in [3.05, 3.63) is 30.1 Å². The number of hydrogen-bond donors (Lipinski definition) is 1. The fraction of sp³-hybridized carbons (Fsp3) is 0.333. The number of hydrogen-bond acceptors (Lipinski definition) is 2. The molecule has 4 nitrogen and oxygen atoms in total. The van der Waals surface area contributed by atoms with Gasteiger partial charge in [0, 0.05) is 16.9 Å². The molecule has 0 unspecified atom stereocenters. The van der Waals surface area contributed by atoms with Gasteiger partial charge < -0.3 is 5.11 Å². The third-order valence-electron chi connectivity index (χ3n) is 1.50. The first-order valence-corrected chi connectivity index (χ1v) is 4.08. The van der Waals surface area contributed by atoms with Gasteiger partial charge in [-0.2, -0.15) is 0 Å². The lowest BCUT2D eigenvalue weighted by Gasteiger charge is -1.98. The molecule has 1 heterocycles. The summed E-state index contributed by atoms with van der Waals surface area (Å²) in [4.78, 5) is 15.6. The average molecular weight is 182 g/mol. The zero-order valence-corrected chi connectivity index (χ0v) is 7.43. The van der Waals surface area contributed by atoms with Crippen LogP contribution in [-0.4, -0.2) is 17.7 Å². The highest BCUT2D eigenvalue weighted by atomic mass is 16.7. The third-order valence-corrected chi connectivity index (χ3v) is 1.50. The first-order chi connectivity index (χ1) is 6.24. The molecule has 0 bridgehead atoms. The number of aliphatic carboxylic acids is 1. The van der Waals surface area contributed by atoms with Gasteiger partial charge in [-0.05, 0) is 13.0 Å². The molecule has 13 heavy (non-hydrogen) atoms. The molecule has 0 aliphatic heterocycles. The molecule has 0 fully saturated rings. The van der Waals surface area contributed by atoms with E-state index < -0.39 is 5.97 Å². The minimum absolute atomic E-state index is 0.0269. The number of carboxylic acid groups (broad SMARTS) is 1. The van der Waals surface area contributed by atoms with Crippen LogP contribution in [-0.2, 0) is 11.2 Å². The van der Waals surface area contributed by atoms with E-state index in [-0.39, 0.29) is 6.42 Å². The highest BCUT2D eigenvalue weighted by Crippen LogP contribution is 1.91. The van der Waals surface area contributed by atoms with E-state index in [0.29, 0.717) is 12.3 Å². The Balaban J connectivity index is 2.84. The molecule has 0 aliphatic carbocycles. The Morgan fingerprint density at radius 3 is 3.00 bits per heavy atom. The van der Waals surface area contributed by atoms with Crippen molar-refractivity contribution >= 4 is 5.97 Å². The van der Waals surface area contributed by atoms with E-state index >= 15 is 0 Å². The van der Waals surface area contributed by atoms with Crippen LogP contribution in [0.5, 0.6) is 0 Å². The van der Waals surface area contributed by atoms with Crippen molar-refractivity contribution in [2.24, 2.45) is 0 Å². The minimum atomic E-state index is -0.861. The highest BCUT2D eigenvalue weighted by Gasteiger charge is 2.14. The van der Waals surface area contributed by atoms with E-state index in [1.54, 1.807) is 24.4 Å². The second-order valence-corrected chi connectivity index (χ2v) is 2.51. The number of nitrogens with zero attached hydrogens (tertiary/aromatic N) is 1. The summed E-state index contributed by atoms with van der Waals surface area (Å²) in [5.41, 5.74) is 0.636. The fourth-order valence-corrected chi connectivity index (χ4v) is 1.02. The summed E-state index contributed by atoms with van der Waals surface area (Å²) < 4.78 is 1.48. The SMILES string of the molecule is CCO[n+]1ccccc1CC(=O)O. The van der Waals surface area contributed by atoms with Crippen LogP contribution in [0.25, 0.3) is 0 Å². The second kappa shape index (κ2) is 4.45. The zero-order chi connectivity index (χ0) is 9.68. The summed E-state index contributed by atoms with van der Waals surface area (Å²) >= 11 is 0. The Labute approximate surface area is 76.3 Å². The summed E-state index contributed by atoms with van der Waals surface area (Å²) in [7, 11) is 0. The Kier molecular flexibility index (Phi) is 3.25. The maximum atomic E-state index is 10.5. The Bertz CT molecular complexity index is 299. The van der Waals surface area contributed by atoms with Crippen LogP contribution in [0.1, 0.15) is 12.6 Å². The van der Waals surface area contributed by atoms with Gasteiger partial charge in [0.15, 0.2) is 6.61 Å². The minimum Gasteiger partial charge on any atom is -0.481 e. The molecule has 1 aromatic heterocycles. The monoisotopic (exact) mass is 182 g/mol. The summed E-state index contributed by atoms with van der Waals surface area (Å²) in [6.07, 6.45) is 1.67. The zero-order valence-electron chi connectivity index (χ0n) is 7.43. The number of carboxylic acids is 1. The number of aromatic nitrogens is 1. The summed E-state index contributed by atoms with van der Waals surface area (Å²) in [6.45, 7) is 2.37. The van der Waals surface area contributed by atoms with E-state index in [2.05, 4.69) is 0 Å². The summed E-state index contributed by atoms with van der Waals surface area (Å²) in [6, 6.07) is 5.30. The molecule has 1 rings (SSSR count). The molecule has 4 heteroatoms. The molecule has 0 saturated carbocycles. The second-order valence-electron chi connectivity index (χ2n) is 2.51. The number of pyridine rings is 1. The molecule has 1 aromatic rings. The van der Waals surface area contributed by atoms with Crippen LogP contribution in [0.2, 0.25) is 0 Å². The molecular formula is C9H12NO3+. The van der Waals surface area contributed by atoms with Gasteiger partial charge in [-0.3, -0.25) is 9.63 Å². The predicted octanol–water partition coefficient (Wildman–Crippen LogP) is 0.0497. The smallest absolute Gasteiger partial charge is 0.314 e. The normalized spacial score (nSPS) is 9.62. The molecule has 1 N–H and O–H groups in total. The van der Waals surface area contributed by atoms with Gasteiger partial charge in [-0.25, -0.2) is 0 Å². The third kappa shape index (κ3) is 2.74. The van der Waals surface area contributed by atoms with Crippen LogP contribution < -0.4 is 9.57 Å². The van der Waals surface area contributed by atoms with Gasteiger partial charge in [0.2, 0.25) is 11.9 Å². The summed E-state index contributed by atoms with van der Waals surface area (Å²) in [5, 5.41) is 8.59. The van der Waals surface area contributed by atoms with E-state index in [1.165, 1.54) is 4.73 Å².